The van der Waals surface area contributed by atoms with Crippen molar-refractivity contribution in [1.29, 1.82) is 0 Å². The van der Waals surface area contributed by atoms with Gasteiger partial charge in [-0.1, -0.05) is 76.2 Å². The van der Waals surface area contributed by atoms with Crippen LogP contribution in [0.1, 0.15) is 56.0 Å². The lowest BCUT2D eigenvalue weighted by molar-refractivity contribution is -0.132. The van der Waals surface area contributed by atoms with Gasteiger partial charge in [0.2, 0.25) is 0 Å². The van der Waals surface area contributed by atoms with Crippen molar-refractivity contribution in [3.63, 3.8) is 0 Å². The van der Waals surface area contributed by atoms with Gasteiger partial charge < -0.3 is 10.0 Å². The zero-order chi connectivity index (χ0) is 26.2. The molecule has 1 fully saturated rings. The van der Waals surface area contributed by atoms with Crippen molar-refractivity contribution in [2.75, 3.05) is 23.9 Å². The Morgan fingerprint density at radius 3 is 1.97 bits per heavy atom. The third kappa shape index (κ3) is 4.66. The molecule has 0 aliphatic carbocycles. The van der Waals surface area contributed by atoms with Crippen LogP contribution in [0.2, 0.25) is 0 Å². The molecule has 5 heteroatoms. The number of amides is 1. The van der Waals surface area contributed by atoms with E-state index in [0.29, 0.717) is 11.3 Å². The second kappa shape index (κ2) is 9.65. The van der Waals surface area contributed by atoms with Gasteiger partial charge in [0, 0.05) is 31.0 Å². The maximum atomic E-state index is 13.4. The minimum Gasteiger partial charge on any atom is -0.507 e. The Morgan fingerprint density at radius 2 is 1.47 bits per heavy atom. The predicted molar refractivity (Wildman–Crippen MR) is 147 cm³/mol. The summed E-state index contributed by atoms with van der Waals surface area (Å²) in [6.45, 7) is 8.45. The minimum absolute atomic E-state index is 0.0429. The predicted octanol–water partition coefficient (Wildman–Crippen LogP) is 6.24. The van der Waals surface area contributed by atoms with Crippen LogP contribution in [0, 0.1) is 0 Å². The zero-order valence-electron chi connectivity index (χ0n) is 21.9. The fourth-order valence-electron chi connectivity index (χ4n) is 4.54. The molecule has 36 heavy (non-hydrogen) atoms. The zero-order valence-corrected chi connectivity index (χ0v) is 21.9. The molecule has 1 heterocycles. The number of aliphatic hydroxyl groups excluding tert-OH is 1. The number of anilines is 2. The van der Waals surface area contributed by atoms with Crippen LogP contribution in [-0.2, 0) is 21.4 Å². The molecule has 1 aliphatic heterocycles. The third-order valence-corrected chi connectivity index (χ3v) is 6.82. The Labute approximate surface area is 213 Å². The number of aliphatic hydroxyl groups is 1. The van der Waals surface area contributed by atoms with Gasteiger partial charge in [-0.2, -0.15) is 0 Å². The molecule has 1 unspecified atom stereocenters. The minimum atomic E-state index is -0.743. The van der Waals surface area contributed by atoms with Crippen molar-refractivity contribution in [3.8, 4) is 0 Å². The average Bonchev–Trinajstić information content (AvgIpc) is 3.13. The van der Waals surface area contributed by atoms with E-state index in [-0.39, 0.29) is 16.7 Å². The van der Waals surface area contributed by atoms with Crippen LogP contribution in [0.4, 0.5) is 11.4 Å². The third-order valence-electron chi connectivity index (χ3n) is 6.82. The topological polar surface area (TPSA) is 60.9 Å². The largest absolute Gasteiger partial charge is 0.507 e. The molecule has 1 atom stereocenters. The summed E-state index contributed by atoms with van der Waals surface area (Å²) in [5.74, 6) is -1.49. The van der Waals surface area contributed by atoms with E-state index in [2.05, 4.69) is 27.7 Å². The molecule has 1 N–H and O–H groups in total. The molecule has 1 amide bonds. The molecule has 1 saturated heterocycles. The highest BCUT2D eigenvalue weighted by atomic mass is 16.3. The number of rotatable bonds is 5. The molecule has 5 nitrogen and oxygen atoms in total. The van der Waals surface area contributed by atoms with Crippen LogP contribution in [0.15, 0.2) is 78.4 Å². The Morgan fingerprint density at radius 1 is 0.889 bits per heavy atom. The summed E-state index contributed by atoms with van der Waals surface area (Å²) in [4.78, 5) is 30.3. The molecule has 186 valence electrons. The van der Waals surface area contributed by atoms with Crippen molar-refractivity contribution < 1.29 is 14.7 Å². The molecule has 3 aromatic carbocycles. The Balaban J connectivity index is 1.88. The lowest BCUT2D eigenvalue weighted by atomic mass is 9.87. The van der Waals surface area contributed by atoms with Gasteiger partial charge in [-0.25, -0.2) is 0 Å². The fourth-order valence-corrected chi connectivity index (χ4v) is 4.54. The normalized spacial score (nSPS) is 17.5. The van der Waals surface area contributed by atoms with Gasteiger partial charge in [-0.05, 0) is 52.8 Å². The molecular formula is C31H34N2O3. The van der Waals surface area contributed by atoms with E-state index in [9.17, 15) is 14.7 Å². The lowest BCUT2D eigenvalue weighted by Gasteiger charge is -2.27. The number of benzene rings is 3. The van der Waals surface area contributed by atoms with E-state index in [1.165, 1.54) is 4.90 Å². The highest BCUT2D eigenvalue weighted by Crippen LogP contribution is 2.43. The first-order valence-electron chi connectivity index (χ1n) is 12.3. The molecular weight excluding hydrogens is 448 g/mol. The Bertz CT molecular complexity index is 1300. The average molecular weight is 483 g/mol. The molecule has 0 bridgehead atoms. The molecule has 0 spiro atoms. The number of ketones is 1. The lowest BCUT2D eigenvalue weighted by Crippen LogP contribution is -2.29. The summed E-state index contributed by atoms with van der Waals surface area (Å²) >= 11 is 0. The van der Waals surface area contributed by atoms with E-state index < -0.39 is 17.7 Å². The van der Waals surface area contributed by atoms with Crippen LogP contribution in [0.5, 0.6) is 0 Å². The first-order chi connectivity index (χ1) is 17.0. The van der Waals surface area contributed by atoms with Crippen LogP contribution in [0.25, 0.3) is 5.76 Å². The van der Waals surface area contributed by atoms with Crippen molar-refractivity contribution in [1.82, 2.24) is 0 Å². The van der Waals surface area contributed by atoms with Gasteiger partial charge in [0.05, 0.1) is 11.6 Å². The maximum absolute atomic E-state index is 13.4. The fraction of sp³-hybridized carbons (Fsp3) is 0.290. The monoisotopic (exact) mass is 482 g/mol. The number of hydrogen-bond acceptors (Lipinski definition) is 4. The van der Waals surface area contributed by atoms with Crippen molar-refractivity contribution >= 4 is 28.8 Å². The molecule has 4 rings (SSSR count). The van der Waals surface area contributed by atoms with Crippen LogP contribution in [0.3, 0.4) is 0 Å². The van der Waals surface area contributed by atoms with Crippen LogP contribution >= 0.6 is 0 Å². The van der Waals surface area contributed by atoms with E-state index in [4.69, 9.17) is 0 Å². The van der Waals surface area contributed by atoms with E-state index in [1.807, 2.05) is 79.7 Å². The number of nitrogens with zero attached hydrogens (tertiary/aromatic N) is 2. The van der Waals surface area contributed by atoms with E-state index in [1.54, 1.807) is 12.1 Å². The standard InChI is InChI=1S/C31H34N2O3/c1-7-20-8-10-22(11-9-20)28(34)26-27(21-12-16-24(17-13-21)32(5)6)33(30(36)29(26)35)25-18-14-23(15-19-25)31(2,3)4/h8-19,27,34H,7H2,1-6H3/b28-26+. The quantitative estimate of drug-likeness (QED) is 0.266. The smallest absolute Gasteiger partial charge is 0.300 e. The molecule has 0 aromatic heterocycles. The first-order valence-corrected chi connectivity index (χ1v) is 12.3. The SMILES string of the molecule is CCc1ccc(/C(O)=C2\C(=O)C(=O)N(c3ccc(C(C)(C)C)cc3)C2c2ccc(N(C)C)cc2)cc1. The van der Waals surface area contributed by atoms with Crippen LogP contribution in [-0.4, -0.2) is 30.9 Å². The van der Waals surface area contributed by atoms with E-state index in [0.717, 1.165) is 28.8 Å². The van der Waals surface area contributed by atoms with Gasteiger partial charge in [-0.3, -0.25) is 14.5 Å². The Kier molecular flexibility index (Phi) is 6.77. The number of aryl methyl sites for hydroxylation is 1. The second-order valence-electron chi connectivity index (χ2n) is 10.5. The highest BCUT2D eigenvalue weighted by molar-refractivity contribution is 6.51. The van der Waals surface area contributed by atoms with Crippen molar-refractivity contribution in [2.45, 2.75) is 45.6 Å². The molecule has 0 radical (unpaired) electrons. The number of Topliss-reactive ketones (excluding diaryl/α,β-unsaturated/α-hetero) is 1. The second-order valence-corrected chi connectivity index (χ2v) is 10.5. The number of carbonyl (C=O) groups is 2. The van der Waals surface area contributed by atoms with Crippen molar-refractivity contribution in [3.05, 3.63) is 101 Å². The summed E-state index contributed by atoms with van der Waals surface area (Å²) in [6, 6.07) is 22.2. The van der Waals surface area contributed by atoms with Crippen molar-refractivity contribution in [2.24, 2.45) is 0 Å². The maximum Gasteiger partial charge on any atom is 0.300 e. The first kappa shape index (κ1) is 25.2. The summed E-state index contributed by atoms with van der Waals surface area (Å²) in [7, 11) is 3.91. The summed E-state index contributed by atoms with van der Waals surface area (Å²) in [5.41, 5.74) is 5.20. The van der Waals surface area contributed by atoms with Gasteiger partial charge in [-0.15, -0.1) is 0 Å². The molecule has 0 saturated carbocycles. The van der Waals surface area contributed by atoms with Gasteiger partial charge in [0.15, 0.2) is 0 Å². The van der Waals surface area contributed by atoms with E-state index >= 15 is 0 Å². The van der Waals surface area contributed by atoms with Gasteiger partial charge in [0.25, 0.3) is 11.7 Å². The van der Waals surface area contributed by atoms with Crippen LogP contribution < -0.4 is 9.80 Å². The van der Waals surface area contributed by atoms with Gasteiger partial charge in [0.1, 0.15) is 5.76 Å². The highest BCUT2D eigenvalue weighted by Gasteiger charge is 2.47. The molecule has 3 aromatic rings. The Hall–Kier alpha value is -3.86. The van der Waals surface area contributed by atoms with Gasteiger partial charge >= 0.3 is 0 Å². The summed E-state index contributed by atoms with van der Waals surface area (Å²) < 4.78 is 0. The summed E-state index contributed by atoms with van der Waals surface area (Å²) in [5, 5.41) is 11.3. The number of carbonyl (C=O) groups excluding carboxylic acids is 2. The summed E-state index contributed by atoms with van der Waals surface area (Å²) in [6.07, 6.45) is 0.869. The molecule has 1 aliphatic rings. The number of hydrogen-bond donors (Lipinski definition) is 1.